The van der Waals surface area contributed by atoms with E-state index in [1.807, 2.05) is 33.8 Å². The van der Waals surface area contributed by atoms with E-state index in [0.717, 1.165) is 30.8 Å². The third-order valence-corrected chi connectivity index (χ3v) is 4.07. The number of ether oxygens (including phenoxy) is 2. The molecular weight excluding hydrogens is 324 g/mol. The second-order valence-electron chi connectivity index (χ2n) is 6.76. The minimum atomic E-state index is -0.641. The number of aryl methyl sites for hydroxylation is 2. The van der Waals surface area contributed by atoms with Gasteiger partial charge in [-0.2, -0.15) is 5.10 Å². The summed E-state index contributed by atoms with van der Waals surface area (Å²) in [5.41, 5.74) is 6.59. The van der Waals surface area contributed by atoms with Crippen molar-refractivity contribution >= 4 is 11.8 Å². The van der Waals surface area contributed by atoms with Crippen molar-refractivity contribution in [2.75, 3.05) is 13.2 Å². The van der Waals surface area contributed by atoms with Crippen LogP contribution in [0.1, 0.15) is 38.1 Å². The Bertz CT molecular complexity index is 593. The number of amides is 2. The molecule has 1 aromatic rings. The van der Waals surface area contributed by atoms with Gasteiger partial charge in [-0.1, -0.05) is 13.8 Å². The Kier molecular flexibility index (Phi) is 6.95. The van der Waals surface area contributed by atoms with Crippen LogP contribution < -0.4 is 10.9 Å². The van der Waals surface area contributed by atoms with Gasteiger partial charge in [0.25, 0.3) is 11.8 Å². The molecule has 2 atom stereocenters. The molecule has 1 aromatic heterocycles. The fraction of sp³-hybridized carbons (Fsp3) is 0.706. The number of nitrogens with zero attached hydrogens (tertiary/aromatic N) is 2. The van der Waals surface area contributed by atoms with Gasteiger partial charge in [0, 0.05) is 12.3 Å². The Labute approximate surface area is 148 Å². The number of nitrogens with one attached hydrogen (secondary N) is 2. The van der Waals surface area contributed by atoms with E-state index in [9.17, 15) is 9.59 Å². The van der Waals surface area contributed by atoms with Gasteiger partial charge in [0.15, 0.2) is 0 Å². The first-order valence-corrected chi connectivity index (χ1v) is 8.69. The highest BCUT2D eigenvalue weighted by molar-refractivity contribution is 5.84. The molecule has 0 spiro atoms. The molecule has 1 fully saturated rings. The molecule has 140 valence electrons. The van der Waals surface area contributed by atoms with Crippen LogP contribution in [0.2, 0.25) is 0 Å². The lowest BCUT2D eigenvalue weighted by atomic mass is 10.1. The number of hydrazine groups is 1. The lowest BCUT2D eigenvalue weighted by Crippen LogP contribution is -2.50. The van der Waals surface area contributed by atoms with Gasteiger partial charge in [-0.15, -0.1) is 0 Å². The molecule has 2 amide bonds. The Morgan fingerprint density at radius 1 is 1.40 bits per heavy atom. The number of carbonyl (C=O) groups excluding carboxylic acids is 2. The van der Waals surface area contributed by atoms with Crippen LogP contribution in [0.25, 0.3) is 0 Å². The van der Waals surface area contributed by atoms with Crippen molar-refractivity contribution in [2.24, 2.45) is 5.92 Å². The maximum Gasteiger partial charge on any atom is 0.267 e. The van der Waals surface area contributed by atoms with Gasteiger partial charge in [0.2, 0.25) is 0 Å². The van der Waals surface area contributed by atoms with Gasteiger partial charge < -0.3 is 9.47 Å². The summed E-state index contributed by atoms with van der Waals surface area (Å²) >= 11 is 0. The highest BCUT2D eigenvalue weighted by atomic mass is 16.5. The summed E-state index contributed by atoms with van der Waals surface area (Å²) in [4.78, 5) is 24.3. The molecule has 0 aromatic carbocycles. The number of hydrogen-bond donors (Lipinski definition) is 2. The fourth-order valence-corrected chi connectivity index (χ4v) is 2.77. The number of carbonyl (C=O) groups is 2. The van der Waals surface area contributed by atoms with Gasteiger partial charge in [-0.05, 0) is 38.7 Å². The molecule has 8 nitrogen and oxygen atoms in total. The van der Waals surface area contributed by atoms with E-state index in [2.05, 4.69) is 16.0 Å². The average molecular weight is 352 g/mol. The quantitative estimate of drug-likeness (QED) is 0.710. The molecule has 8 heteroatoms. The molecule has 0 aliphatic carbocycles. The number of hydrogen-bond acceptors (Lipinski definition) is 5. The predicted molar refractivity (Wildman–Crippen MR) is 91.5 cm³/mol. The second kappa shape index (κ2) is 8.96. The summed E-state index contributed by atoms with van der Waals surface area (Å²) in [6, 6.07) is 1.89. The highest BCUT2D eigenvalue weighted by Gasteiger charge is 2.26. The van der Waals surface area contributed by atoms with Gasteiger partial charge in [0.05, 0.1) is 18.4 Å². The molecule has 0 unspecified atom stereocenters. The molecule has 1 aliphatic heterocycles. The minimum absolute atomic E-state index is 0.0192. The zero-order chi connectivity index (χ0) is 18.4. The minimum Gasteiger partial charge on any atom is -0.376 e. The summed E-state index contributed by atoms with van der Waals surface area (Å²) in [6.45, 7) is 8.71. The zero-order valence-corrected chi connectivity index (χ0v) is 15.4. The molecule has 0 saturated carbocycles. The van der Waals surface area contributed by atoms with Crippen LogP contribution in [-0.2, 0) is 25.6 Å². The van der Waals surface area contributed by atoms with Crippen LogP contribution in [0.4, 0.5) is 0 Å². The van der Waals surface area contributed by atoms with Gasteiger partial charge in [-0.3, -0.25) is 25.1 Å². The van der Waals surface area contributed by atoms with Crippen molar-refractivity contribution in [1.29, 1.82) is 0 Å². The largest absolute Gasteiger partial charge is 0.376 e. The Morgan fingerprint density at radius 2 is 2.16 bits per heavy atom. The third kappa shape index (κ3) is 5.82. The van der Waals surface area contributed by atoms with E-state index < -0.39 is 6.10 Å². The van der Waals surface area contributed by atoms with Crippen LogP contribution in [0.5, 0.6) is 0 Å². The molecule has 2 rings (SSSR count). The van der Waals surface area contributed by atoms with E-state index >= 15 is 0 Å². The van der Waals surface area contributed by atoms with Gasteiger partial charge in [-0.25, -0.2) is 0 Å². The predicted octanol–water partition coefficient (Wildman–Crippen LogP) is 0.868. The topological polar surface area (TPSA) is 94.5 Å². The molecule has 25 heavy (non-hydrogen) atoms. The van der Waals surface area contributed by atoms with E-state index in [0.29, 0.717) is 6.61 Å². The summed E-state index contributed by atoms with van der Waals surface area (Å²) in [6.07, 6.45) is 1.38. The Hall–Kier alpha value is -1.93. The number of rotatable bonds is 7. The summed E-state index contributed by atoms with van der Waals surface area (Å²) in [5, 5.41) is 4.22. The van der Waals surface area contributed by atoms with Crippen LogP contribution in [0.3, 0.4) is 0 Å². The normalized spacial score (nSPS) is 18.4. The Morgan fingerprint density at radius 3 is 2.72 bits per heavy atom. The standard InChI is InChI=1S/C17H28N4O4/c1-11(2)16(25-10-14-6-5-7-24-14)17(23)19-18-15(22)9-21-13(4)8-12(3)20-21/h8,11,14,16H,5-7,9-10H2,1-4H3,(H,18,22)(H,19,23)/t14-,16-/m1/s1. The van der Waals surface area contributed by atoms with Crippen LogP contribution >= 0.6 is 0 Å². The molecule has 0 bridgehead atoms. The van der Waals surface area contributed by atoms with Crippen molar-refractivity contribution in [3.63, 3.8) is 0 Å². The van der Waals surface area contributed by atoms with Gasteiger partial charge in [0.1, 0.15) is 12.6 Å². The van der Waals surface area contributed by atoms with E-state index in [1.165, 1.54) is 0 Å². The van der Waals surface area contributed by atoms with Crippen LogP contribution in [-0.4, -0.2) is 47.0 Å². The average Bonchev–Trinajstić information content (AvgIpc) is 3.15. The maximum absolute atomic E-state index is 12.3. The molecule has 2 heterocycles. The SMILES string of the molecule is Cc1cc(C)n(CC(=O)NNC(=O)[C@H](OC[C@H]2CCCO2)C(C)C)n1. The highest BCUT2D eigenvalue weighted by Crippen LogP contribution is 2.15. The summed E-state index contributed by atoms with van der Waals surface area (Å²) < 4.78 is 12.8. The second-order valence-corrected chi connectivity index (χ2v) is 6.76. The summed E-state index contributed by atoms with van der Waals surface area (Å²) in [7, 11) is 0. The van der Waals surface area contributed by atoms with Gasteiger partial charge >= 0.3 is 0 Å². The monoisotopic (exact) mass is 352 g/mol. The van der Waals surface area contributed by atoms with Crippen LogP contribution in [0.15, 0.2) is 6.07 Å². The molecule has 1 aliphatic rings. The molecule has 0 radical (unpaired) electrons. The van der Waals surface area contributed by atoms with E-state index in [1.54, 1.807) is 4.68 Å². The Balaban J connectivity index is 1.79. The lowest BCUT2D eigenvalue weighted by molar-refractivity contribution is -0.141. The van der Waals surface area contributed by atoms with Crippen molar-refractivity contribution in [3.05, 3.63) is 17.5 Å². The molecule has 2 N–H and O–H groups in total. The third-order valence-electron chi connectivity index (χ3n) is 4.07. The fourth-order valence-electron chi connectivity index (χ4n) is 2.77. The zero-order valence-electron chi connectivity index (χ0n) is 15.4. The maximum atomic E-state index is 12.3. The molecular formula is C17H28N4O4. The first-order valence-electron chi connectivity index (χ1n) is 8.69. The van der Waals surface area contributed by atoms with Crippen molar-refractivity contribution < 1.29 is 19.1 Å². The lowest BCUT2D eigenvalue weighted by Gasteiger charge is -2.22. The first kappa shape index (κ1) is 19.4. The smallest absolute Gasteiger partial charge is 0.267 e. The van der Waals surface area contributed by atoms with E-state index in [4.69, 9.17) is 9.47 Å². The van der Waals surface area contributed by atoms with Crippen molar-refractivity contribution in [1.82, 2.24) is 20.6 Å². The van der Waals surface area contributed by atoms with E-state index in [-0.39, 0.29) is 30.4 Å². The molecule has 1 saturated heterocycles. The summed E-state index contributed by atoms with van der Waals surface area (Å²) in [5.74, 6) is -0.731. The first-order chi connectivity index (χ1) is 11.9. The van der Waals surface area contributed by atoms with Crippen molar-refractivity contribution in [3.8, 4) is 0 Å². The van der Waals surface area contributed by atoms with Crippen molar-refractivity contribution in [2.45, 2.75) is 59.3 Å². The van der Waals surface area contributed by atoms with Crippen LogP contribution in [0, 0.1) is 19.8 Å². The number of aromatic nitrogens is 2.